The number of nitrogens with one attached hydrogen (secondary N) is 2. The van der Waals surface area contributed by atoms with Crippen LogP contribution in [0.2, 0.25) is 0 Å². The molecule has 1 atom stereocenters. The summed E-state index contributed by atoms with van der Waals surface area (Å²) in [7, 11) is 0. The van der Waals surface area contributed by atoms with Crippen LogP contribution >= 0.6 is 0 Å². The standard InChI is InChI=1S/C22H24N6O2/c1-22(2,3)21-25-15-10-9-13(11-16(15)26-21)24-20(30)17-12-18(19(23)29)28(27-17)14-7-5-4-6-8-14/h4-11,18H,12H2,1-3H3,(H2,23,29)(H,24,30)(H,25,26)/t18-/m1/s1. The predicted molar refractivity (Wildman–Crippen MR) is 117 cm³/mol. The number of hydrogen-bond donors (Lipinski definition) is 3. The topological polar surface area (TPSA) is 116 Å². The highest BCUT2D eigenvalue weighted by atomic mass is 16.2. The van der Waals surface area contributed by atoms with E-state index in [1.807, 2.05) is 42.5 Å². The molecule has 8 heteroatoms. The van der Waals surface area contributed by atoms with E-state index < -0.39 is 11.9 Å². The monoisotopic (exact) mass is 404 g/mol. The number of aromatic nitrogens is 2. The first-order chi connectivity index (χ1) is 14.2. The van der Waals surface area contributed by atoms with Crippen LogP contribution in [0.4, 0.5) is 11.4 Å². The van der Waals surface area contributed by atoms with E-state index in [1.54, 1.807) is 6.07 Å². The van der Waals surface area contributed by atoms with E-state index in [4.69, 9.17) is 5.73 Å². The van der Waals surface area contributed by atoms with E-state index in [-0.39, 0.29) is 23.5 Å². The third-order valence-electron chi connectivity index (χ3n) is 4.97. The number of nitrogens with two attached hydrogens (primary N) is 1. The molecule has 4 N–H and O–H groups in total. The number of para-hydroxylation sites is 1. The first-order valence-corrected chi connectivity index (χ1v) is 9.75. The Morgan fingerprint density at radius 3 is 2.57 bits per heavy atom. The van der Waals surface area contributed by atoms with Gasteiger partial charge in [-0.15, -0.1) is 0 Å². The van der Waals surface area contributed by atoms with Crippen molar-refractivity contribution in [2.24, 2.45) is 10.8 Å². The maximum Gasteiger partial charge on any atom is 0.271 e. The highest BCUT2D eigenvalue weighted by Gasteiger charge is 2.35. The third-order valence-corrected chi connectivity index (χ3v) is 4.97. The molecule has 1 aliphatic heterocycles. The molecule has 2 heterocycles. The number of hydrazone groups is 1. The Morgan fingerprint density at radius 2 is 1.90 bits per heavy atom. The molecule has 0 spiro atoms. The van der Waals surface area contributed by atoms with Crippen molar-refractivity contribution in [3.63, 3.8) is 0 Å². The van der Waals surface area contributed by atoms with E-state index >= 15 is 0 Å². The molecular weight excluding hydrogens is 380 g/mol. The predicted octanol–water partition coefficient (Wildman–Crippen LogP) is 2.92. The zero-order chi connectivity index (χ0) is 21.5. The smallest absolute Gasteiger partial charge is 0.271 e. The molecule has 0 bridgehead atoms. The fourth-order valence-electron chi connectivity index (χ4n) is 3.33. The maximum atomic E-state index is 12.8. The lowest BCUT2D eigenvalue weighted by molar-refractivity contribution is -0.119. The van der Waals surface area contributed by atoms with Gasteiger partial charge in [0.25, 0.3) is 5.91 Å². The second kappa shape index (κ2) is 7.29. The van der Waals surface area contributed by atoms with Gasteiger partial charge in [-0.05, 0) is 30.3 Å². The van der Waals surface area contributed by atoms with Gasteiger partial charge in [-0.25, -0.2) is 4.98 Å². The van der Waals surface area contributed by atoms with Crippen molar-refractivity contribution in [2.75, 3.05) is 10.3 Å². The molecular formula is C22H24N6O2. The molecule has 30 heavy (non-hydrogen) atoms. The highest BCUT2D eigenvalue weighted by molar-refractivity contribution is 6.44. The minimum absolute atomic E-state index is 0.105. The van der Waals surface area contributed by atoms with Gasteiger partial charge in [-0.3, -0.25) is 14.6 Å². The number of fused-ring (bicyclic) bond motifs is 1. The van der Waals surface area contributed by atoms with E-state index in [2.05, 4.69) is 41.2 Å². The quantitative estimate of drug-likeness (QED) is 0.620. The van der Waals surface area contributed by atoms with Crippen molar-refractivity contribution in [1.29, 1.82) is 0 Å². The summed E-state index contributed by atoms with van der Waals surface area (Å²) in [5.74, 6) is -0.0162. The number of benzene rings is 2. The zero-order valence-corrected chi connectivity index (χ0v) is 17.1. The molecule has 2 aromatic carbocycles. The number of nitrogens with zero attached hydrogens (tertiary/aromatic N) is 3. The normalized spacial score (nSPS) is 16.6. The summed E-state index contributed by atoms with van der Waals surface area (Å²) in [6.07, 6.45) is 0.149. The van der Waals surface area contributed by atoms with E-state index in [9.17, 15) is 9.59 Å². The first kappa shape index (κ1) is 19.6. The summed E-state index contributed by atoms with van der Waals surface area (Å²) in [6.45, 7) is 6.25. The molecule has 3 aromatic rings. The highest BCUT2D eigenvalue weighted by Crippen LogP contribution is 2.26. The van der Waals surface area contributed by atoms with Crippen LogP contribution < -0.4 is 16.1 Å². The Bertz CT molecular complexity index is 1140. The number of carbonyl (C=O) groups is 2. The molecule has 4 rings (SSSR count). The third kappa shape index (κ3) is 3.76. The SMILES string of the molecule is CC(C)(C)c1nc2ccc(NC(=O)C3=NN(c4ccccc4)[C@@H](C(N)=O)C3)cc2[nH]1. The number of anilines is 2. The molecule has 0 aliphatic carbocycles. The van der Waals surface area contributed by atoms with Gasteiger partial charge in [-0.2, -0.15) is 5.10 Å². The van der Waals surface area contributed by atoms with Gasteiger partial charge < -0.3 is 16.0 Å². The number of imidazole rings is 1. The van der Waals surface area contributed by atoms with Crippen LogP contribution in [0.3, 0.4) is 0 Å². The first-order valence-electron chi connectivity index (χ1n) is 9.75. The van der Waals surface area contributed by atoms with E-state index in [0.29, 0.717) is 11.4 Å². The lowest BCUT2D eigenvalue weighted by Crippen LogP contribution is -2.39. The van der Waals surface area contributed by atoms with Crippen LogP contribution in [0, 0.1) is 0 Å². The molecule has 0 unspecified atom stereocenters. The fourth-order valence-corrected chi connectivity index (χ4v) is 3.33. The molecule has 8 nitrogen and oxygen atoms in total. The van der Waals surface area contributed by atoms with Gasteiger partial charge in [0, 0.05) is 17.5 Å². The van der Waals surface area contributed by atoms with Gasteiger partial charge in [0.1, 0.15) is 17.6 Å². The van der Waals surface area contributed by atoms with E-state index in [0.717, 1.165) is 16.9 Å². The second-order valence-corrected chi connectivity index (χ2v) is 8.37. The van der Waals surface area contributed by atoms with Crippen molar-refractivity contribution in [3.05, 3.63) is 54.4 Å². The molecule has 2 amide bonds. The fraction of sp³-hybridized carbons (Fsp3) is 0.273. The van der Waals surface area contributed by atoms with Crippen LogP contribution in [0.1, 0.15) is 33.0 Å². The summed E-state index contributed by atoms with van der Waals surface area (Å²) >= 11 is 0. The van der Waals surface area contributed by atoms with Gasteiger partial charge in [-0.1, -0.05) is 39.0 Å². The minimum atomic E-state index is -0.697. The molecule has 154 valence electrons. The number of hydrogen-bond acceptors (Lipinski definition) is 5. The Morgan fingerprint density at radius 1 is 1.17 bits per heavy atom. The lowest BCUT2D eigenvalue weighted by Gasteiger charge is -2.20. The largest absolute Gasteiger partial charge is 0.368 e. The van der Waals surface area contributed by atoms with Crippen LogP contribution in [-0.4, -0.2) is 33.5 Å². The number of amides is 2. The number of rotatable bonds is 4. The molecule has 1 aliphatic rings. The van der Waals surface area contributed by atoms with Gasteiger partial charge >= 0.3 is 0 Å². The van der Waals surface area contributed by atoms with E-state index in [1.165, 1.54) is 5.01 Å². The summed E-state index contributed by atoms with van der Waals surface area (Å²) < 4.78 is 0. The molecule has 0 radical (unpaired) electrons. The van der Waals surface area contributed by atoms with Crippen molar-refractivity contribution in [2.45, 2.75) is 38.6 Å². The van der Waals surface area contributed by atoms with Gasteiger partial charge in [0.05, 0.1) is 16.7 Å². The minimum Gasteiger partial charge on any atom is -0.368 e. The van der Waals surface area contributed by atoms with Gasteiger partial charge in [0.15, 0.2) is 0 Å². The van der Waals surface area contributed by atoms with Crippen LogP contribution in [0.5, 0.6) is 0 Å². The van der Waals surface area contributed by atoms with Crippen molar-refractivity contribution in [3.8, 4) is 0 Å². The lowest BCUT2D eigenvalue weighted by atomic mass is 9.96. The van der Waals surface area contributed by atoms with Gasteiger partial charge in [0.2, 0.25) is 5.91 Å². The number of aromatic amines is 1. The Labute approximate surface area is 174 Å². The average molecular weight is 404 g/mol. The van der Waals surface area contributed by atoms with Crippen molar-refractivity contribution < 1.29 is 9.59 Å². The number of H-pyrrole nitrogens is 1. The molecule has 1 aromatic heterocycles. The zero-order valence-electron chi connectivity index (χ0n) is 17.1. The Balaban J connectivity index is 1.56. The Hall–Kier alpha value is -3.68. The second-order valence-electron chi connectivity index (χ2n) is 8.37. The number of carbonyl (C=O) groups excluding carboxylic acids is 2. The summed E-state index contributed by atoms with van der Waals surface area (Å²) in [4.78, 5) is 32.6. The maximum absolute atomic E-state index is 12.8. The summed E-state index contributed by atoms with van der Waals surface area (Å²) in [5, 5.41) is 8.74. The molecule has 0 fully saturated rings. The summed E-state index contributed by atoms with van der Waals surface area (Å²) in [6, 6.07) is 14.0. The van der Waals surface area contributed by atoms with Crippen molar-refractivity contribution in [1.82, 2.24) is 9.97 Å². The molecule has 0 saturated carbocycles. The summed E-state index contributed by atoms with van der Waals surface area (Å²) in [5.41, 5.74) is 8.69. The van der Waals surface area contributed by atoms with Crippen LogP contribution in [0.25, 0.3) is 11.0 Å². The average Bonchev–Trinajstić information content (AvgIpc) is 3.33. The van der Waals surface area contributed by atoms with Crippen molar-refractivity contribution >= 4 is 39.9 Å². The van der Waals surface area contributed by atoms with Crippen LogP contribution in [0.15, 0.2) is 53.6 Å². The van der Waals surface area contributed by atoms with Crippen LogP contribution in [-0.2, 0) is 15.0 Å². The molecule has 0 saturated heterocycles. The Kier molecular flexibility index (Phi) is 4.77. The number of primary amides is 1.